The number of aromatic nitrogens is 2. The third-order valence-corrected chi connectivity index (χ3v) is 4.90. The molecule has 1 heterocycles. The average Bonchev–Trinajstić information content (AvgIpc) is 2.73. The quantitative estimate of drug-likeness (QED) is 0.302. The zero-order valence-corrected chi connectivity index (χ0v) is 15.8. The molecule has 0 unspecified atom stereocenters. The highest BCUT2D eigenvalue weighted by Crippen LogP contribution is 2.45. The molecule has 25 heavy (non-hydrogen) atoms. The first-order valence-corrected chi connectivity index (χ1v) is 8.50. The van der Waals surface area contributed by atoms with E-state index in [1.54, 1.807) is 6.07 Å². The lowest BCUT2D eigenvalue weighted by molar-refractivity contribution is -0.137. The zero-order valence-electron chi connectivity index (χ0n) is 11.9. The van der Waals surface area contributed by atoms with Crippen molar-refractivity contribution >= 4 is 58.2 Å². The number of hydrogen-bond acceptors (Lipinski definition) is 3. The summed E-state index contributed by atoms with van der Waals surface area (Å²) in [4.78, 5) is 0.00188. The molecule has 0 saturated heterocycles. The van der Waals surface area contributed by atoms with E-state index in [2.05, 4.69) is 5.10 Å². The van der Waals surface area contributed by atoms with Gasteiger partial charge in [0.2, 0.25) is 0 Å². The Kier molecular flexibility index (Phi) is 5.77. The number of nitrogens with zero attached hydrogens (tertiary/aromatic N) is 3. The molecule has 2 rings (SSSR count). The molecule has 0 N–H and O–H groups in total. The van der Waals surface area contributed by atoms with Crippen LogP contribution < -0.4 is 0 Å². The Morgan fingerprint density at radius 1 is 1.16 bits per heavy atom. The van der Waals surface area contributed by atoms with E-state index in [1.165, 1.54) is 6.92 Å². The topological polar surface area (TPSA) is 41.6 Å². The van der Waals surface area contributed by atoms with Gasteiger partial charge in [-0.15, -0.1) is 0 Å². The Balaban J connectivity index is 2.66. The lowest BCUT2D eigenvalue weighted by atomic mass is 10.2. The second-order valence-electron chi connectivity index (χ2n) is 4.62. The third-order valence-electron chi connectivity index (χ3n) is 2.94. The van der Waals surface area contributed by atoms with Gasteiger partial charge in [-0.2, -0.15) is 27.9 Å². The lowest BCUT2D eigenvalue weighted by Crippen LogP contribution is -2.08. The molecule has 3 nitrogen and oxygen atoms in total. The minimum Gasteiger partial charge on any atom is -0.233 e. The molecule has 0 fully saturated rings. The lowest BCUT2D eigenvalue weighted by Gasteiger charge is -2.14. The van der Waals surface area contributed by atoms with Crippen LogP contribution in [-0.2, 0) is 6.18 Å². The van der Waals surface area contributed by atoms with Gasteiger partial charge in [-0.3, -0.25) is 0 Å². The molecular formula is C13H5Cl4F4N3S. The molecule has 12 heteroatoms. The molecule has 134 valence electrons. The molecule has 0 amide bonds. The van der Waals surface area contributed by atoms with Crippen molar-refractivity contribution in [2.45, 2.75) is 21.9 Å². The fraction of sp³-hybridized carbons (Fsp3) is 0.231. The van der Waals surface area contributed by atoms with Crippen molar-refractivity contribution in [2.24, 2.45) is 0 Å². The number of rotatable bonds is 3. The molecule has 0 aliphatic carbocycles. The van der Waals surface area contributed by atoms with Crippen molar-refractivity contribution < 1.29 is 17.6 Å². The molecule has 1 aromatic carbocycles. The maximum Gasteiger partial charge on any atom is 0.416 e. The van der Waals surface area contributed by atoms with Crippen LogP contribution in [-0.4, -0.2) is 13.7 Å². The van der Waals surface area contributed by atoms with Crippen molar-refractivity contribution in [3.05, 3.63) is 39.1 Å². The predicted octanol–water partition coefficient (Wildman–Crippen LogP) is 6.53. The van der Waals surface area contributed by atoms with E-state index in [-0.39, 0.29) is 32.0 Å². The van der Waals surface area contributed by atoms with E-state index in [9.17, 15) is 17.6 Å². The van der Waals surface area contributed by atoms with Crippen LogP contribution in [0.3, 0.4) is 0 Å². The van der Waals surface area contributed by atoms with E-state index in [4.69, 9.17) is 51.7 Å². The van der Waals surface area contributed by atoms with E-state index in [0.717, 1.165) is 4.68 Å². The number of halogens is 8. The first-order chi connectivity index (χ1) is 11.3. The fourth-order valence-electron chi connectivity index (χ4n) is 1.95. The summed E-state index contributed by atoms with van der Waals surface area (Å²) in [7, 11) is 0. The summed E-state index contributed by atoms with van der Waals surface area (Å²) >= 11 is 22.7. The van der Waals surface area contributed by atoms with Gasteiger partial charge in [-0.1, -0.05) is 46.4 Å². The Labute approximate surface area is 163 Å². The fourth-order valence-corrected chi connectivity index (χ4v) is 3.71. The first kappa shape index (κ1) is 20.5. The maximum atomic E-state index is 13.5. The van der Waals surface area contributed by atoms with Crippen LogP contribution in [0, 0.1) is 18.3 Å². The van der Waals surface area contributed by atoms with Crippen LogP contribution in [0.1, 0.15) is 17.0 Å². The Morgan fingerprint density at radius 2 is 1.68 bits per heavy atom. The number of thioether (sulfide) groups is 1. The number of nitriles is 1. The van der Waals surface area contributed by atoms with Gasteiger partial charge in [0.25, 0.3) is 0 Å². The van der Waals surface area contributed by atoms with Gasteiger partial charge in [0.15, 0.2) is 5.69 Å². The van der Waals surface area contributed by atoms with Gasteiger partial charge in [0.1, 0.15) is 11.8 Å². The van der Waals surface area contributed by atoms with Gasteiger partial charge < -0.3 is 0 Å². The molecular weight excluding hydrogens is 448 g/mol. The predicted molar refractivity (Wildman–Crippen MR) is 89.4 cm³/mol. The highest BCUT2D eigenvalue weighted by Gasteiger charge is 2.33. The van der Waals surface area contributed by atoms with Gasteiger partial charge in [0.05, 0.1) is 26.2 Å². The Morgan fingerprint density at radius 3 is 2.08 bits per heavy atom. The van der Waals surface area contributed by atoms with Crippen LogP contribution >= 0.6 is 58.2 Å². The van der Waals surface area contributed by atoms with Crippen LogP contribution in [0.4, 0.5) is 17.6 Å². The van der Waals surface area contributed by atoms with Crippen molar-refractivity contribution in [1.29, 1.82) is 5.26 Å². The van der Waals surface area contributed by atoms with E-state index >= 15 is 0 Å². The largest absolute Gasteiger partial charge is 0.416 e. The van der Waals surface area contributed by atoms with Gasteiger partial charge in [-0.05, 0) is 30.8 Å². The standard InChI is InChI=1S/C13H5Cl4F4N3S/c1-5-11(25-13(16,17)21)9(4-22)23-24(5)10-7(14)2-6(3-8(10)15)12(18,19)20/h2-3H,1H3. The summed E-state index contributed by atoms with van der Waals surface area (Å²) in [5, 5.41) is 12.3. The molecule has 0 aliphatic heterocycles. The molecule has 2 aromatic rings. The smallest absolute Gasteiger partial charge is 0.233 e. The summed E-state index contributed by atoms with van der Waals surface area (Å²) in [5.41, 5.74) is -1.20. The van der Waals surface area contributed by atoms with Crippen molar-refractivity contribution in [2.75, 3.05) is 0 Å². The summed E-state index contributed by atoms with van der Waals surface area (Å²) in [6.45, 7) is 1.43. The normalized spacial score (nSPS) is 12.3. The van der Waals surface area contributed by atoms with Crippen molar-refractivity contribution in [1.82, 2.24) is 9.78 Å². The number of benzene rings is 1. The van der Waals surface area contributed by atoms with Crippen LogP contribution in [0.2, 0.25) is 10.0 Å². The Bertz CT molecular complexity index is 845. The van der Waals surface area contributed by atoms with E-state index in [1.807, 2.05) is 0 Å². The molecule has 0 saturated carbocycles. The summed E-state index contributed by atoms with van der Waals surface area (Å²) in [5.74, 6) is 0. The molecule has 0 spiro atoms. The molecule has 0 bridgehead atoms. The SMILES string of the molecule is Cc1c(SC(F)(Cl)Cl)c(C#N)nn1-c1c(Cl)cc(C(F)(F)F)cc1Cl. The molecule has 0 radical (unpaired) electrons. The van der Waals surface area contributed by atoms with Gasteiger partial charge in [0, 0.05) is 0 Å². The maximum absolute atomic E-state index is 13.5. The minimum atomic E-state index is -4.64. The van der Waals surface area contributed by atoms with Crippen LogP contribution in [0.25, 0.3) is 5.69 Å². The van der Waals surface area contributed by atoms with Crippen molar-refractivity contribution in [3.8, 4) is 11.8 Å². The summed E-state index contributed by atoms with van der Waals surface area (Å²) in [6, 6.07) is 3.06. The average molecular weight is 453 g/mol. The Hall–Kier alpha value is -0.850. The minimum absolute atomic E-state index is 0.00188. The highest BCUT2D eigenvalue weighted by atomic mass is 35.5. The zero-order chi connectivity index (χ0) is 19.2. The molecule has 0 aliphatic rings. The van der Waals surface area contributed by atoms with Gasteiger partial charge >= 0.3 is 10.1 Å². The first-order valence-electron chi connectivity index (χ1n) is 6.17. The molecule has 0 atom stereocenters. The second kappa shape index (κ2) is 7.05. The molecule has 1 aromatic heterocycles. The van der Waals surface area contributed by atoms with E-state index < -0.39 is 15.7 Å². The second-order valence-corrected chi connectivity index (χ2v) is 8.29. The van der Waals surface area contributed by atoms with Crippen molar-refractivity contribution in [3.63, 3.8) is 0 Å². The monoisotopic (exact) mass is 451 g/mol. The number of hydrogen-bond donors (Lipinski definition) is 0. The van der Waals surface area contributed by atoms with Crippen LogP contribution in [0.15, 0.2) is 17.0 Å². The number of alkyl halides is 6. The van der Waals surface area contributed by atoms with Gasteiger partial charge in [-0.25, -0.2) is 4.68 Å². The summed E-state index contributed by atoms with van der Waals surface area (Å²) in [6.07, 6.45) is -4.64. The summed E-state index contributed by atoms with van der Waals surface area (Å²) < 4.78 is 50.2. The van der Waals surface area contributed by atoms with Crippen LogP contribution in [0.5, 0.6) is 0 Å². The highest BCUT2D eigenvalue weighted by molar-refractivity contribution is 8.03. The van der Waals surface area contributed by atoms with E-state index in [0.29, 0.717) is 23.9 Å². The third kappa shape index (κ3) is 4.47.